The summed E-state index contributed by atoms with van der Waals surface area (Å²) in [4.78, 5) is 22.4. The lowest BCUT2D eigenvalue weighted by Gasteiger charge is -2.17. The molecule has 1 aliphatic heterocycles. The predicted molar refractivity (Wildman–Crippen MR) is 60.6 cm³/mol. The van der Waals surface area contributed by atoms with Gasteiger partial charge in [0.1, 0.15) is 5.82 Å². The maximum Gasteiger partial charge on any atom is 0.227 e. The van der Waals surface area contributed by atoms with Gasteiger partial charge < -0.3 is 9.88 Å². The number of rotatable bonds is 1. The summed E-state index contributed by atoms with van der Waals surface area (Å²) >= 11 is 0. The molecule has 2 heterocycles. The molecular weight excluding hydrogens is 204 g/mol. The minimum absolute atomic E-state index is 0.0293. The van der Waals surface area contributed by atoms with Crippen LogP contribution in [0.4, 0.5) is 5.82 Å². The molecule has 1 amide bonds. The second-order valence-electron chi connectivity index (χ2n) is 3.85. The summed E-state index contributed by atoms with van der Waals surface area (Å²) in [5.41, 5.74) is 1.57. The number of hydrogen-bond donors (Lipinski definition) is 1. The fraction of sp³-hybridized carbons (Fsp3) is 0.167. The quantitative estimate of drug-likeness (QED) is 0.736. The van der Waals surface area contributed by atoms with Gasteiger partial charge in [0, 0.05) is 18.4 Å². The van der Waals surface area contributed by atoms with Crippen molar-refractivity contribution in [2.45, 2.75) is 13.0 Å². The van der Waals surface area contributed by atoms with Crippen molar-refractivity contribution in [3.8, 4) is 0 Å². The summed E-state index contributed by atoms with van der Waals surface area (Å²) < 4.78 is 1.99. The van der Waals surface area contributed by atoms with Crippen molar-refractivity contribution in [2.75, 3.05) is 5.32 Å². The zero-order chi connectivity index (χ0) is 11.1. The Labute approximate surface area is 91.9 Å². The van der Waals surface area contributed by atoms with Gasteiger partial charge in [-0.15, -0.1) is 0 Å². The molecule has 1 N–H and O–H groups in total. The lowest BCUT2D eigenvalue weighted by Crippen LogP contribution is -2.23. The van der Waals surface area contributed by atoms with Crippen LogP contribution >= 0.6 is 0 Å². The zero-order valence-electron chi connectivity index (χ0n) is 8.56. The Morgan fingerprint density at radius 1 is 1.31 bits per heavy atom. The number of nitrogens with one attached hydrogen (secondary N) is 1. The Kier molecular flexibility index (Phi) is 1.83. The molecule has 0 spiro atoms. The first kappa shape index (κ1) is 9.15. The number of aromatic nitrogens is 1. The summed E-state index contributed by atoms with van der Waals surface area (Å²) in [6.45, 7) is 0.634. The van der Waals surface area contributed by atoms with Crippen molar-refractivity contribution >= 4 is 28.9 Å². The smallest absolute Gasteiger partial charge is 0.227 e. The Hall–Kier alpha value is -2.10. The summed E-state index contributed by atoms with van der Waals surface area (Å²) in [6, 6.07) is 7.68. The number of benzene rings is 1. The molecule has 1 aromatic heterocycles. The number of nitrogens with zero attached hydrogens (tertiary/aromatic N) is 1. The largest absolute Gasteiger partial charge is 0.326 e. The Morgan fingerprint density at radius 3 is 2.94 bits per heavy atom. The fourth-order valence-corrected chi connectivity index (χ4v) is 2.22. The van der Waals surface area contributed by atoms with E-state index in [0.29, 0.717) is 24.3 Å². The van der Waals surface area contributed by atoms with Crippen molar-refractivity contribution in [2.24, 2.45) is 0 Å². The number of carbonyl (C=O) groups is 2. The van der Waals surface area contributed by atoms with Gasteiger partial charge in [0.2, 0.25) is 5.91 Å². The molecule has 0 fully saturated rings. The Balaban J connectivity index is 2.39. The summed E-state index contributed by atoms with van der Waals surface area (Å²) in [5, 5.41) is 3.66. The molecule has 16 heavy (non-hydrogen) atoms. The molecular formula is C12H10N2O2. The highest BCUT2D eigenvalue weighted by molar-refractivity contribution is 6.08. The molecule has 0 atom stereocenters. The van der Waals surface area contributed by atoms with E-state index in [1.54, 1.807) is 0 Å². The number of fused-ring (bicyclic) bond motifs is 3. The second-order valence-corrected chi connectivity index (χ2v) is 3.85. The SMILES string of the molecule is O=Cc1c2n(c3ccccc13)CCC(=O)N2. The number of para-hydroxylation sites is 1. The lowest BCUT2D eigenvalue weighted by molar-refractivity contribution is -0.116. The maximum absolute atomic E-state index is 11.3. The van der Waals surface area contributed by atoms with Crippen molar-refractivity contribution in [3.63, 3.8) is 0 Å². The van der Waals surface area contributed by atoms with E-state index in [9.17, 15) is 9.59 Å². The third kappa shape index (κ3) is 1.10. The monoisotopic (exact) mass is 214 g/mol. The van der Waals surface area contributed by atoms with Gasteiger partial charge >= 0.3 is 0 Å². The first-order valence-electron chi connectivity index (χ1n) is 5.17. The summed E-state index contributed by atoms with van der Waals surface area (Å²) in [6.07, 6.45) is 1.27. The van der Waals surface area contributed by atoms with E-state index in [4.69, 9.17) is 0 Å². The molecule has 4 nitrogen and oxygen atoms in total. The van der Waals surface area contributed by atoms with Gasteiger partial charge in [-0.1, -0.05) is 18.2 Å². The predicted octanol–water partition coefficient (Wildman–Crippen LogP) is 1.80. The van der Waals surface area contributed by atoms with Crippen LogP contribution in [0.5, 0.6) is 0 Å². The Bertz CT molecular complexity index is 598. The third-order valence-corrected chi connectivity index (χ3v) is 2.95. The van der Waals surface area contributed by atoms with Crippen LogP contribution in [0.3, 0.4) is 0 Å². The average Bonchev–Trinajstić information content (AvgIpc) is 2.61. The van der Waals surface area contributed by atoms with E-state index in [2.05, 4.69) is 5.32 Å². The number of anilines is 1. The van der Waals surface area contributed by atoms with Crippen LogP contribution in [-0.4, -0.2) is 16.8 Å². The molecule has 0 radical (unpaired) electrons. The second kappa shape index (κ2) is 3.20. The average molecular weight is 214 g/mol. The van der Waals surface area contributed by atoms with Crippen LogP contribution in [0, 0.1) is 0 Å². The molecule has 0 saturated heterocycles. The van der Waals surface area contributed by atoms with E-state index in [1.807, 2.05) is 28.8 Å². The molecule has 0 unspecified atom stereocenters. The van der Waals surface area contributed by atoms with Crippen LogP contribution in [-0.2, 0) is 11.3 Å². The van der Waals surface area contributed by atoms with Gasteiger partial charge in [0.25, 0.3) is 0 Å². The van der Waals surface area contributed by atoms with Crippen LogP contribution in [0.1, 0.15) is 16.8 Å². The molecule has 80 valence electrons. The van der Waals surface area contributed by atoms with E-state index in [-0.39, 0.29) is 5.91 Å². The molecule has 1 aliphatic rings. The van der Waals surface area contributed by atoms with Gasteiger partial charge in [-0.25, -0.2) is 0 Å². The van der Waals surface area contributed by atoms with Crippen LogP contribution < -0.4 is 5.32 Å². The first-order valence-corrected chi connectivity index (χ1v) is 5.17. The number of amides is 1. The van der Waals surface area contributed by atoms with Crippen LogP contribution in [0.2, 0.25) is 0 Å². The van der Waals surface area contributed by atoms with E-state index in [1.165, 1.54) is 0 Å². The van der Waals surface area contributed by atoms with E-state index >= 15 is 0 Å². The van der Waals surface area contributed by atoms with Gasteiger partial charge in [0.05, 0.1) is 11.1 Å². The molecule has 0 saturated carbocycles. The summed E-state index contributed by atoms with van der Waals surface area (Å²) in [7, 11) is 0. The number of aryl methyl sites for hydroxylation is 1. The minimum Gasteiger partial charge on any atom is -0.326 e. The van der Waals surface area contributed by atoms with Crippen LogP contribution in [0.25, 0.3) is 10.9 Å². The number of hydrogen-bond acceptors (Lipinski definition) is 2. The van der Waals surface area contributed by atoms with Crippen LogP contribution in [0.15, 0.2) is 24.3 Å². The highest BCUT2D eigenvalue weighted by Gasteiger charge is 2.22. The standard InChI is InChI=1S/C12H10N2O2/c15-7-9-8-3-1-2-4-10(8)14-6-5-11(16)13-12(9)14/h1-4,7H,5-6H2,(H,13,16). The first-order chi connectivity index (χ1) is 7.81. The molecule has 1 aromatic carbocycles. The Morgan fingerprint density at radius 2 is 2.12 bits per heavy atom. The normalized spacial score (nSPS) is 14.6. The number of aldehydes is 1. The fourth-order valence-electron chi connectivity index (χ4n) is 2.22. The molecule has 4 heteroatoms. The van der Waals surface area contributed by atoms with Gasteiger partial charge in [0.15, 0.2) is 6.29 Å². The minimum atomic E-state index is -0.0293. The molecule has 0 bridgehead atoms. The van der Waals surface area contributed by atoms with Crippen molar-refractivity contribution in [3.05, 3.63) is 29.8 Å². The van der Waals surface area contributed by atoms with Gasteiger partial charge in [-0.05, 0) is 6.07 Å². The summed E-state index contributed by atoms with van der Waals surface area (Å²) in [5.74, 6) is 0.603. The van der Waals surface area contributed by atoms with E-state index in [0.717, 1.165) is 17.2 Å². The highest BCUT2D eigenvalue weighted by Crippen LogP contribution is 2.31. The molecule has 0 aliphatic carbocycles. The van der Waals surface area contributed by atoms with Gasteiger partial charge in [-0.2, -0.15) is 0 Å². The van der Waals surface area contributed by atoms with Gasteiger partial charge in [-0.3, -0.25) is 9.59 Å². The van der Waals surface area contributed by atoms with E-state index < -0.39 is 0 Å². The van der Waals surface area contributed by atoms with Crippen molar-refractivity contribution in [1.82, 2.24) is 4.57 Å². The molecule has 3 rings (SSSR count). The highest BCUT2D eigenvalue weighted by atomic mass is 16.2. The van der Waals surface area contributed by atoms with Crippen molar-refractivity contribution < 1.29 is 9.59 Å². The number of carbonyl (C=O) groups excluding carboxylic acids is 2. The maximum atomic E-state index is 11.3. The van der Waals surface area contributed by atoms with Crippen molar-refractivity contribution in [1.29, 1.82) is 0 Å². The zero-order valence-corrected chi connectivity index (χ0v) is 8.56. The molecule has 2 aromatic rings. The lowest BCUT2D eigenvalue weighted by atomic mass is 10.2. The topological polar surface area (TPSA) is 51.1 Å². The third-order valence-electron chi connectivity index (χ3n) is 2.95.